The molecule has 12 heavy (non-hydrogen) atoms. The van der Waals surface area contributed by atoms with Crippen LogP contribution in [0.4, 0.5) is 0 Å². The van der Waals surface area contributed by atoms with Gasteiger partial charge in [0.1, 0.15) is 0 Å². The zero-order chi connectivity index (χ0) is 9.61. The van der Waals surface area contributed by atoms with Crippen LogP contribution < -0.4 is 5.32 Å². The predicted molar refractivity (Wildman–Crippen MR) is 53.9 cm³/mol. The Bertz CT molecular complexity index is 115. The maximum Gasteiger partial charge on any atom is 0.0613 e. The quantitative estimate of drug-likeness (QED) is 0.652. The monoisotopic (exact) mass is 193 g/mol. The van der Waals surface area contributed by atoms with E-state index in [2.05, 4.69) is 26.1 Å². The molecule has 0 heterocycles. The Balaban J connectivity index is 3.84. The molecule has 2 atom stereocenters. The average Bonchev–Trinajstić information content (AvgIpc) is 2.05. The van der Waals surface area contributed by atoms with Crippen molar-refractivity contribution in [3.8, 4) is 0 Å². The minimum Gasteiger partial charge on any atom is -0.383 e. The van der Waals surface area contributed by atoms with Crippen LogP contribution in [0.1, 0.15) is 27.2 Å². The summed E-state index contributed by atoms with van der Waals surface area (Å²) in [5.74, 6) is 0.636. The molecule has 0 aliphatic carbocycles. The maximum absolute atomic E-state index is 5.85. The third kappa shape index (κ3) is 4.29. The van der Waals surface area contributed by atoms with Crippen molar-refractivity contribution in [2.24, 2.45) is 0 Å². The molecule has 0 saturated carbocycles. The third-order valence-corrected chi connectivity index (χ3v) is 2.68. The molecule has 1 N–H and O–H groups in total. The lowest BCUT2D eigenvalue weighted by Gasteiger charge is -2.30. The first-order valence-electron chi connectivity index (χ1n) is 4.40. The average molecular weight is 194 g/mol. The van der Waals surface area contributed by atoms with Crippen LogP contribution in [0.15, 0.2) is 0 Å². The van der Waals surface area contributed by atoms with Gasteiger partial charge in [-0.2, -0.15) is 0 Å². The van der Waals surface area contributed by atoms with Gasteiger partial charge in [-0.15, -0.1) is 11.6 Å². The van der Waals surface area contributed by atoms with Gasteiger partial charge in [0, 0.05) is 24.6 Å². The molecule has 0 aliphatic heterocycles. The number of methoxy groups -OCH3 is 1. The van der Waals surface area contributed by atoms with Gasteiger partial charge < -0.3 is 10.1 Å². The molecular formula is C9H20ClNO. The molecule has 2 unspecified atom stereocenters. The van der Waals surface area contributed by atoms with Crippen molar-refractivity contribution < 1.29 is 4.74 Å². The Labute approximate surface area is 80.6 Å². The number of ether oxygens (including phenoxy) is 1. The van der Waals surface area contributed by atoms with Crippen molar-refractivity contribution in [2.75, 3.05) is 19.6 Å². The van der Waals surface area contributed by atoms with E-state index in [1.54, 1.807) is 7.11 Å². The van der Waals surface area contributed by atoms with Crippen LogP contribution >= 0.6 is 11.6 Å². The second-order valence-corrected chi connectivity index (χ2v) is 3.82. The number of alkyl halides is 1. The molecule has 0 bridgehead atoms. The van der Waals surface area contributed by atoms with E-state index < -0.39 is 0 Å². The molecule has 0 aliphatic rings. The van der Waals surface area contributed by atoms with Crippen LogP contribution in [-0.4, -0.2) is 31.2 Å². The van der Waals surface area contributed by atoms with Crippen LogP contribution in [0.2, 0.25) is 0 Å². The number of halogens is 1. The fourth-order valence-electron chi connectivity index (χ4n) is 1.12. The highest BCUT2D eigenvalue weighted by atomic mass is 35.5. The smallest absolute Gasteiger partial charge is 0.0613 e. The molecule has 0 aromatic carbocycles. The maximum atomic E-state index is 5.85. The number of hydrogen-bond donors (Lipinski definition) is 1. The van der Waals surface area contributed by atoms with Crippen molar-refractivity contribution in [3.05, 3.63) is 0 Å². The molecular weight excluding hydrogens is 174 g/mol. The summed E-state index contributed by atoms with van der Waals surface area (Å²) in [5.41, 5.74) is 0.0412. The van der Waals surface area contributed by atoms with Gasteiger partial charge in [0.05, 0.1) is 6.61 Å². The summed E-state index contributed by atoms with van der Waals surface area (Å²) < 4.78 is 5.03. The van der Waals surface area contributed by atoms with Gasteiger partial charge in [-0.25, -0.2) is 0 Å². The summed E-state index contributed by atoms with van der Waals surface area (Å²) in [5, 5.41) is 3.44. The second kappa shape index (κ2) is 5.79. The molecule has 0 spiro atoms. The third-order valence-electron chi connectivity index (χ3n) is 2.09. The Hall–Kier alpha value is 0.210. The van der Waals surface area contributed by atoms with Gasteiger partial charge in [-0.05, 0) is 20.3 Å². The molecule has 0 fully saturated rings. The summed E-state index contributed by atoms with van der Waals surface area (Å²) in [4.78, 5) is 0. The number of nitrogens with one attached hydrogen (secondary N) is 1. The highest BCUT2D eigenvalue weighted by Crippen LogP contribution is 2.12. The van der Waals surface area contributed by atoms with E-state index in [0.29, 0.717) is 11.9 Å². The van der Waals surface area contributed by atoms with Crippen LogP contribution in [-0.2, 0) is 4.74 Å². The van der Waals surface area contributed by atoms with E-state index in [9.17, 15) is 0 Å². The van der Waals surface area contributed by atoms with Gasteiger partial charge in [0.2, 0.25) is 0 Å². The van der Waals surface area contributed by atoms with E-state index in [1.165, 1.54) is 0 Å². The molecule has 0 aromatic heterocycles. The Morgan fingerprint density at radius 1 is 1.58 bits per heavy atom. The van der Waals surface area contributed by atoms with Crippen LogP contribution in [0.5, 0.6) is 0 Å². The largest absolute Gasteiger partial charge is 0.383 e. The lowest BCUT2D eigenvalue weighted by molar-refractivity contribution is 0.156. The van der Waals surface area contributed by atoms with Gasteiger partial charge >= 0.3 is 0 Å². The van der Waals surface area contributed by atoms with E-state index in [0.717, 1.165) is 13.0 Å². The lowest BCUT2D eigenvalue weighted by atomic mass is 10.0. The zero-order valence-electron chi connectivity index (χ0n) is 8.48. The first kappa shape index (κ1) is 12.2. The molecule has 0 aromatic rings. The molecule has 0 rings (SSSR count). The molecule has 3 heteroatoms. The molecule has 0 saturated heterocycles. The molecule has 74 valence electrons. The first-order valence-corrected chi connectivity index (χ1v) is 4.94. The van der Waals surface area contributed by atoms with Crippen LogP contribution in [0.3, 0.4) is 0 Å². The predicted octanol–water partition coefficient (Wildman–Crippen LogP) is 2.02. The lowest BCUT2D eigenvalue weighted by Crippen LogP contribution is -2.49. The summed E-state index contributed by atoms with van der Waals surface area (Å²) in [7, 11) is 1.71. The fourth-order valence-corrected chi connectivity index (χ4v) is 1.39. The number of rotatable bonds is 6. The Kier molecular flexibility index (Phi) is 5.89. The highest BCUT2D eigenvalue weighted by molar-refractivity contribution is 6.18. The van der Waals surface area contributed by atoms with Crippen molar-refractivity contribution in [1.29, 1.82) is 0 Å². The number of hydrogen-bond acceptors (Lipinski definition) is 2. The topological polar surface area (TPSA) is 21.3 Å². The second-order valence-electron chi connectivity index (χ2n) is 3.55. The summed E-state index contributed by atoms with van der Waals surface area (Å²) in [6.07, 6.45) is 1.03. The summed E-state index contributed by atoms with van der Waals surface area (Å²) >= 11 is 5.85. The van der Waals surface area contributed by atoms with Crippen molar-refractivity contribution in [1.82, 2.24) is 5.32 Å². The van der Waals surface area contributed by atoms with Gasteiger partial charge in [-0.3, -0.25) is 0 Å². The fraction of sp³-hybridized carbons (Fsp3) is 1.00. The Morgan fingerprint density at radius 3 is 2.50 bits per heavy atom. The van der Waals surface area contributed by atoms with E-state index >= 15 is 0 Å². The molecule has 0 radical (unpaired) electrons. The van der Waals surface area contributed by atoms with E-state index in [-0.39, 0.29) is 5.54 Å². The SMILES string of the molecule is CCC(C)(CCl)NC(C)COC. The van der Waals surface area contributed by atoms with Gasteiger partial charge in [-0.1, -0.05) is 6.92 Å². The van der Waals surface area contributed by atoms with Crippen molar-refractivity contribution in [2.45, 2.75) is 38.8 Å². The highest BCUT2D eigenvalue weighted by Gasteiger charge is 2.22. The first-order chi connectivity index (χ1) is 5.58. The minimum absolute atomic E-state index is 0.0412. The van der Waals surface area contributed by atoms with Crippen LogP contribution in [0.25, 0.3) is 0 Å². The molecule has 2 nitrogen and oxygen atoms in total. The van der Waals surface area contributed by atoms with Gasteiger partial charge in [0.15, 0.2) is 0 Å². The van der Waals surface area contributed by atoms with Crippen molar-refractivity contribution in [3.63, 3.8) is 0 Å². The Morgan fingerprint density at radius 2 is 2.17 bits per heavy atom. The minimum atomic E-state index is 0.0412. The normalized spacial score (nSPS) is 18.8. The van der Waals surface area contributed by atoms with Gasteiger partial charge in [0.25, 0.3) is 0 Å². The standard InChI is InChI=1S/C9H20ClNO/c1-5-9(3,7-10)11-8(2)6-12-4/h8,11H,5-7H2,1-4H3. The van der Waals surface area contributed by atoms with Crippen molar-refractivity contribution >= 4 is 11.6 Å². The van der Waals surface area contributed by atoms with E-state index in [1.807, 2.05) is 0 Å². The van der Waals surface area contributed by atoms with E-state index in [4.69, 9.17) is 16.3 Å². The van der Waals surface area contributed by atoms with Crippen LogP contribution in [0, 0.1) is 0 Å². The summed E-state index contributed by atoms with van der Waals surface area (Å²) in [6.45, 7) is 7.09. The summed E-state index contributed by atoms with van der Waals surface area (Å²) in [6, 6.07) is 0.360. The zero-order valence-corrected chi connectivity index (χ0v) is 9.24. The molecule has 0 amide bonds.